The van der Waals surface area contributed by atoms with Crippen LogP contribution in [-0.4, -0.2) is 37.5 Å². The van der Waals surface area contributed by atoms with E-state index < -0.39 is 0 Å². The number of anilines is 2. The van der Waals surface area contributed by atoms with Crippen LogP contribution in [0.15, 0.2) is 48.5 Å². The molecule has 0 spiro atoms. The summed E-state index contributed by atoms with van der Waals surface area (Å²) in [6.45, 7) is 7.44. The van der Waals surface area contributed by atoms with Crippen molar-refractivity contribution < 1.29 is 14.4 Å². The normalized spacial score (nSPS) is 13.8. The Balaban J connectivity index is 1.50. The van der Waals surface area contributed by atoms with Gasteiger partial charge in [0.1, 0.15) is 0 Å². The van der Waals surface area contributed by atoms with E-state index in [1.54, 1.807) is 41.3 Å². The van der Waals surface area contributed by atoms with E-state index in [2.05, 4.69) is 36.7 Å². The Labute approximate surface area is 170 Å². The second-order valence-corrected chi connectivity index (χ2v) is 7.99. The molecule has 2 aromatic carbocycles. The maximum Gasteiger partial charge on any atom is 0.321 e. The molecule has 1 saturated heterocycles. The van der Waals surface area contributed by atoms with Crippen LogP contribution in [0.3, 0.4) is 0 Å². The van der Waals surface area contributed by atoms with Gasteiger partial charge in [-0.1, -0.05) is 32.9 Å². The van der Waals surface area contributed by atoms with E-state index in [1.165, 1.54) is 0 Å². The fourth-order valence-electron chi connectivity index (χ4n) is 3.03. The molecule has 29 heavy (non-hydrogen) atoms. The zero-order valence-electron chi connectivity index (χ0n) is 16.9. The van der Waals surface area contributed by atoms with Gasteiger partial charge in [-0.05, 0) is 47.4 Å². The van der Waals surface area contributed by atoms with Crippen molar-refractivity contribution in [3.8, 4) is 0 Å². The van der Waals surface area contributed by atoms with E-state index in [9.17, 15) is 14.4 Å². The maximum atomic E-state index is 12.3. The van der Waals surface area contributed by atoms with Crippen LogP contribution < -0.4 is 20.9 Å². The summed E-state index contributed by atoms with van der Waals surface area (Å²) in [6.07, 6.45) is 0. The van der Waals surface area contributed by atoms with Gasteiger partial charge in [0.15, 0.2) is 0 Å². The van der Waals surface area contributed by atoms with Gasteiger partial charge in [-0.3, -0.25) is 14.5 Å². The van der Waals surface area contributed by atoms with E-state index in [0.29, 0.717) is 24.3 Å². The molecule has 7 nitrogen and oxygen atoms in total. The summed E-state index contributed by atoms with van der Waals surface area (Å²) in [5, 5.41) is 8.10. The molecule has 0 aliphatic carbocycles. The summed E-state index contributed by atoms with van der Waals surface area (Å²) in [6, 6.07) is 14.3. The first-order valence-electron chi connectivity index (χ1n) is 9.58. The topological polar surface area (TPSA) is 90.5 Å². The van der Waals surface area contributed by atoms with E-state index in [4.69, 9.17) is 0 Å². The molecule has 0 saturated carbocycles. The molecule has 0 aromatic heterocycles. The molecule has 1 heterocycles. The summed E-state index contributed by atoms with van der Waals surface area (Å²) < 4.78 is 0. The lowest BCUT2D eigenvalue weighted by Crippen LogP contribution is -2.33. The highest BCUT2D eigenvalue weighted by atomic mass is 16.2. The lowest BCUT2D eigenvalue weighted by Gasteiger charge is -2.19. The molecule has 0 unspecified atom stereocenters. The highest BCUT2D eigenvalue weighted by Gasteiger charge is 2.20. The molecule has 4 amide bonds. The Bertz CT molecular complexity index is 899. The fraction of sp³-hybridized carbons (Fsp3) is 0.318. The smallest absolute Gasteiger partial charge is 0.321 e. The fourth-order valence-corrected chi connectivity index (χ4v) is 3.03. The zero-order valence-corrected chi connectivity index (χ0v) is 16.9. The minimum Gasteiger partial charge on any atom is -0.343 e. The molecular weight excluding hydrogens is 368 g/mol. The average Bonchev–Trinajstić information content (AvgIpc) is 3.12. The summed E-state index contributed by atoms with van der Waals surface area (Å²) in [4.78, 5) is 37.7. The summed E-state index contributed by atoms with van der Waals surface area (Å²) >= 11 is 0. The number of rotatable bonds is 5. The Kier molecular flexibility index (Phi) is 5.87. The van der Waals surface area contributed by atoms with Crippen molar-refractivity contribution in [2.75, 3.05) is 29.9 Å². The lowest BCUT2D eigenvalue weighted by molar-refractivity contribution is -0.115. The van der Waals surface area contributed by atoms with Crippen LogP contribution in [0.4, 0.5) is 16.2 Å². The molecule has 1 fully saturated rings. The number of benzene rings is 2. The van der Waals surface area contributed by atoms with Gasteiger partial charge in [-0.15, -0.1) is 0 Å². The van der Waals surface area contributed by atoms with Gasteiger partial charge in [-0.2, -0.15) is 0 Å². The number of nitrogens with one attached hydrogen (secondary N) is 3. The summed E-state index contributed by atoms with van der Waals surface area (Å²) in [5.41, 5.74) is 3.04. The van der Waals surface area contributed by atoms with Gasteiger partial charge in [0, 0.05) is 30.0 Å². The van der Waals surface area contributed by atoms with Crippen molar-refractivity contribution in [2.45, 2.75) is 26.2 Å². The van der Waals surface area contributed by atoms with Crippen molar-refractivity contribution >= 4 is 29.2 Å². The standard InChI is InChI=1S/C22H26N4O3/c1-22(2,3)16-6-4-15(5-7-16)20(28)24-14-19(27)25-17-8-10-18(11-9-17)26-13-12-23-21(26)29/h4-11H,12-14H2,1-3H3,(H,23,29)(H,24,28)(H,25,27). The van der Waals surface area contributed by atoms with Crippen LogP contribution in [0.5, 0.6) is 0 Å². The molecule has 152 valence electrons. The van der Waals surface area contributed by atoms with Crippen LogP contribution in [0.25, 0.3) is 0 Å². The second kappa shape index (κ2) is 8.34. The number of hydrogen-bond acceptors (Lipinski definition) is 3. The van der Waals surface area contributed by atoms with E-state index in [1.807, 2.05) is 12.1 Å². The highest BCUT2D eigenvalue weighted by molar-refractivity contribution is 5.99. The van der Waals surface area contributed by atoms with Crippen LogP contribution in [-0.2, 0) is 10.2 Å². The van der Waals surface area contributed by atoms with Gasteiger partial charge in [0.2, 0.25) is 5.91 Å². The quantitative estimate of drug-likeness (QED) is 0.728. The minimum absolute atomic E-state index is 0.0169. The molecule has 0 radical (unpaired) electrons. The Morgan fingerprint density at radius 1 is 1.03 bits per heavy atom. The van der Waals surface area contributed by atoms with E-state index in [-0.39, 0.29) is 29.8 Å². The number of carbonyl (C=O) groups excluding carboxylic acids is 3. The van der Waals surface area contributed by atoms with Crippen molar-refractivity contribution in [3.05, 3.63) is 59.7 Å². The summed E-state index contributed by atoms with van der Waals surface area (Å²) in [5.74, 6) is -0.618. The molecule has 2 aromatic rings. The lowest BCUT2D eigenvalue weighted by atomic mass is 9.87. The summed E-state index contributed by atoms with van der Waals surface area (Å²) in [7, 11) is 0. The Morgan fingerprint density at radius 3 is 2.24 bits per heavy atom. The second-order valence-electron chi connectivity index (χ2n) is 7.99. The third-order valence-electron chi connectivity index (χ3n) is 4.74. The first kappa shape index (κ1) is 20.4. The van der Waals surface area contributed by atoms with Crippen molar-refractivity contribution in [2.24, 2.45) is 0 Å². The number of hydrogen-bond donors (Lipinski definition) is 3. The Morgan fingerprint density at radius 2 is 1.69 bits per heavy atom. The highest BCUT2D eigenvalue weighted by Crippen LogP contribution is 2.22. The number of urea groups is 1. The molecule has 0 bridgehead atoms. The number of amides is 4. The van der Waals surface area contributed by atoms with Crippen molar-refractivity contribution in [3.63, 3.8) is 0 Å². The van der Waals surface area contributed by atoms with Crippen LogP contribution in [0.2, 0.25) is 0 Å². The minimum atomic E-state index is -0.323. The monoisotopic (exact) mass is 394 g/mol. The van der Waals surface area contributed by atoms with E-state index >= 15 is 0 Å². The van der Waals surface area contributed by atoms with E-state index in [0.717, 1.165) is 11.3 Å². The van der Waals surface area contributed by atoms with Gasteiger partial charge < -0.3 is 16.0 Å². The third kappa shape index (κ3) is 5.13. The molecule has 3 N–H and O–H groups in total. The molecule has 7 heteroatoms. The van der Waals surface area contributed by atoms with Crippen LogP contribution in [0.1, 0.15) is 36.7 Å². The molecule has 3 rings (SSSR count). The van der Waals surface area contributed by atoms with Gasteiger partial charge in [-0.25, -0.2) is 4.79 Å². The van der Waals surface area contributed by atoms with Crippen molar-refractivity contribution in [1.29, 1.82) is 0 Å². The largest absolute Gasteiger partial charge is 0.343 e. The molecule has 1 aliphatic heterocycles. The molecular formula is C22H26N4O3. The van der Waals surface area contributed by atoms with Crippen LogP contribution in [0, 0.1) is 0 Å². The van der Waals surface area contributed by atoms with Gasteiger partial charge >= 0.3 is 6.03 Å². The average molecular weight is 394 g/mol. The number of nitrogens with zero attached hydrogens (tertiary/aromatic N) is 1. The van der Waals surface area contributed by atoms with Gasteiger partial charge in [0.25, 0.3) is 5.91 Å². The van der Waals surface area contributed by atoms with Gasteiger partial charge in [0.05, 0.1) is 6.54 Å². The predicted molar refractivity (Wildman–Crippen MR) is 113 cm³/mol. The molecule has 1 aliphatic rings. The maximum absolute atomic E-state index is 12.3. The predicted octanol–water partition coefficient (Wildman–Crippen LogP) is 2.88. The number of carbonyl (C=O) groups is 3. The zero-order chi connectivity index (χ0) is 21.0. The third-order valence-corrected chi connectivity index (χ3v) is 4.74. The SMILES string of the molecule is CC(C)(C)c1ccc(C(=O)NCC(=O)Nc2ccc(N3CCNC3=O)cc2)cc1. The first-order chi connectivity index (χ1) is 13.7. The van der Waals surface area contributed by atoms with Crippen LogP contribution >= 0.6 is 0 Å². The Hall–Kier alpha value is -3.35. The van der Waals surface area contributed by atoms with Crippen molar-refractivity contribution in [1.82, 2.24) is 10.6 Å². The first-order valence-corrected chi connectivity index (χ1v) is 9.58. The molecule has 0 atom stereocenters.